The first-order valence-corrected chi connectivity index (χ1v) is 9.09. The predicted molar refractivity (Wildman–Crippen MR) is 96.4 cm³/mol. The zero-order valence-corrected chi connectivity index (χ0v) is 14.9. The zero-order chi connectivity index (χ0) is 15.7. The minimum absolute atomic E-state index is 0.513. The van der Waals surface area contributed by atoms with Crippen LogP contribution in [-0.4, -0.2) is 24.3 Å². The molecule has 1 aromatic carbocycles. The van der Waals surface area contributed by atoms with Crippen LogP contribution >= 0.6 is 11.8 Å². The van der Waals surface area contributed by atoms with Crippen LogP contribution in [0.15, 0.2) is 38.7 Å². The Balaban J connectivity index is 1.90. The molecule has 0 radical (unpaired) electrons. The second-order valence-corrected chi connectivity index (χ2v) is 8.02. The molecule has 1 aromatic rings. The van der Waals surface area contributed by atoms with Crippen LogP contribution in [-0.2, 0) is 0 Å². The van der Waals surface area contributed by atoms with E-state index < -0.39 is 0 Å². The number of aryl methyl sites for hydroxylation is 2. The predicted octanol–water partition coefficient (Wildman–Crippen LogP) is 5.02. The lowest BCUT2D eigenvalue weighted by Crippen LogP contribution is -2.29. The van der Waals surface area contributed by atoms with Crippen LogP contribution in [0.5, 0.6) is 0 Å². The highest BCUT2D eigenvalue weighted by Crippen LogP contribution is 2.39. The summed E-state index contributed by atoms with van der Waals surface area (Å²) >= 11 is 1.92. The van der Waals surface area contributed by atoms with Crippen molar-refractivity contribution in [3.05, 3.63) is 39.9 Å². The van der Waals surface area contributed by atoms with Crippen LogP contribution in [0.1, 0.15) is 37.8 Å². The van der Waals surface area contributed by atoms with Crippen molar-refractivity contribution < 1.29 is 0 Å². The number of benzene rings is 1. The monoisotopic (exact) mass is 314 g/mol. The Kier molecular flexibility index (Phi) is 4.62. The van der Waals surface area contributed by atoms with Crippen molar-refractivity contribution in [2.45, 2.75) is 45.4 Å². The molecule has 0 spiro atoms. The van der Waals surface area contributed by atoms with E-state index in [2.05, 4.69) is 62.0 Å². The first-order valence-electron chi connectivity index (χ1n) is 8.28. The molecule has 1 heterocycles. The van der Waals surface area contributed by atoms with Gasteiger partial charge in [0.05, 0.1) is 5.03 Å². The third-order valence-electron chi connectivity index (χ3n) is 4.22. The van der Waals surface area contributed by atoms with Gasteiger partial charge in [-0.2, -0.15) is 0 Å². The van der Waals surface area contributed by atoms with Crippen LogP contribution in [0.25, 0.3) is 0 Å². The number of rotatable bonds is 5. The topological polar surface area (TPSA) is 15.6 Å². The van der Waals surface area contributed by atoms with Gasteiger partial charge in [-0.3, -0.25) is 4.99 Å². The Bertz CT molecular complexity index is 592. The fourth-order valence-corrected chi connectivity index (χ4v) is 4.30. The summed E-state index contributed by atoms with van der Waals surface area (Å²) in [6, 6.07) is 6.83. The van der Waals surface area contributed by atoms with Gasteiger partial charge in [0.1, 0.15) is 6.67 Å². The number of hydrogen-bond donors (Lipinski definition) is 0. The average molecular weight is 314 g/mol. The van der Waals surface area contributed by atoms with Crippen molar-refractivity contribution >= 4 is 18.0 Å². The highest BCUT2D eigenvalue weighted by atomic mass is 32.2. The third-order valence-corrected chi connectivity index (χ3v) is 5.38. The molecule has 22 heavy (non-hydrogen) atoms. The number of nitrogens with zero attached hydrogens (tertiary/aromatic N) is 2. The molecule has 2 nitrogen and oxygen atoms in total. The molecule has 0 amide bonds. The van der Waals surface area contributed by atoms with E-state index in [4.69, 9.17) is 0 Å². The number of thioether (sulfide) groups is 1. The lowest BCUT2D eigenvalue weighted by atomic mass is 10.0. The number of hydrogen-bond acceptors (Lipinski definition) is 3. The molecule has 1 saturated carbocycles. The van der Waals surface area contributed by atoms with Gasteiger partial charge >= 0.3 is 0 Å². The molecule has 0 N–H and O–H groups in total. The fourth-order valence-electron chi connectivity index (χ4n) is 2.92. The Labute approximate surface area is 138 Å². The second kappa shape index (κ2) is 6.49. The highest BCUT2D eigenvalue weighted by Gasteiger charge is 2.28. The zero-order valence-electron chi connectivity index (χ0n) is 14.1. The quantitative estimate of drug-likeness (QED) is 0.758. The summed E-state index contributed by atoms with van der Waals surface area (Å²) in [6.45, 7) is 10.9. The Hall–Kier alpha value is -1.22. The second-order valence-electron chi connectivity index (χ2n) is 6.96. The molecule has 1 aliphatic heterocycles. The minimum atomic E-state index is 0.513. The van der Waals surface area contributed by atoms with Gasteiger partial charge in [-0.1, -0.05) is 31.7 Å². The largest absolute Gasteiger partial charge is 0.346 e. The van der Waals surface area contributed by atoms with Crippen LogP contribution in [0.4, 0.5) is 0 Å². The average Bonchev–Trinajstić information content (AvgIpc) is 3.23. The molecular formula is C19H26N2S. The maximum absolute atomic E-state index is 4.60. The van der Waals surface area contributed by atoms with Crippen molar-refractivity contribution in [2.24, 2.45) is 16.8 Å². The van der Waals surface area contributed by atoms with E-state index in [9.17, 15) is 0 Å². The Morgan fingerprint density at radius 2 is 1.86 bits per heavy atom. The van der Waals surface area contributed by atoms with Crippen molar-refractivity contribution in [2.75, 3.05) is 13.2 Å². The Morgan fingerprint density at radius 3 is 2.45 bits per heavy atom. The van der Waals surface area contributed by atoms with Gasteiger partial charge in [0, 0.05) is 23.2 Å². The third kappa shape index (κ3) is 3.75. The minimum Gasteiger partial charge on any atom is -0.346 e. The van der Waals surface area contributed by atoms with Gasteiger partial charge < -0.3 is 4.90 Å². The van der Waals surface area contributed by atoms with Crippen molar-refractivity contribution in [1.82, 2.24) is 4.90 Å². The molecule has 2 aliphatic rings. The SMILES string of the molecule is Cc1cc(C)cc(SC2=C(C(C)C)C=NCN2CC2CC2)c1. The van der Waals surface area contributed by atoms with E-state index in [0.29, 0.717) is 5.92 Å². The molecule has 1 fully saturated rings. The fraction of sp³-hybridized carbons (Fsp3) is 0.526. The number of aliphatic imine (C=N–C) groups is 1. The summed E-state index contributed by atoms with van der Waals surface area (Å²) in [4.78, 5) is 8.44. The highest BCUT2D eigenvalue weighted by molar-refractivity contribution is 8.03. The van der Waals surface area contributed by atoms with Crippen molar-refractivity contribution in [3.63, 3.8) is 0 Å². The van der Waals surface area contributed by atoms with Gasteiger partial charge in [-0.05, 0) is 61.8 Å². The van der Waals surface area contributed by atoms with E-state index in [1.807, 2.05) is 11.8 Å². The summed E-state index contributed by atoms with van der Waals surface area (Å²) in [7, 11) is 0. The van der Waals surface area contributed by atoms with Gasteiger partial charge in [0.15, 0.2) is 0 Å². The summed E-state index contributed by atoms with van der Waals surface area (Å²) in [5, 5.41) is 1.42. The van der Waals surface area contributed by atoms with E-state index in [-0.39, 0.29) is 0 Å². The summed E-state index contributed by atoms with van der Waals surface area (Å²) in [5.41, 5.74) is 4.07. The summed E-state index contributed by atoms with van der Waals surface area (Å²) in [6.07, 6.45) is 4.87. The van der Waals surface area contributed by atoms with E-state index in [1.54, 1.807) is 0 Å². The molecule has 1 aliphatic carbocycles. The van der Waals surface area contributed by atoms with Crippen LogP contribution < -0.4 is 0 Å². The molecule has 0 atom stereocenters. The molecule has 3 rings (SSSR count). The van der Waals surface area contributed by atoms with Crippen LogP contribution in [0.2, 0.25) is 0 Å². The maximum atomic E-state index is 4.60. The first-order chi connectivity index (χ1) is 10.5. The molecule has 0 bridgehead atoms. The van der Waals surface area contributed by atoms with Gasteiger partial charge in [0.25, 0.3) is 0 Å². The maximum Gasteiger partial charge on any atom is 0.110 e. The smallest absolute Gasteiger partial charge is 0.110 e. The van der Waals surface area contributed by atoms with Gasteiger partial charge in [0.2, 0.25) is 0 Å². The standard InChI is InChI=1S/C19H26N2S/c1-13(2)18-10-20-12-21(11-16-5-6-16)19(18)22-17-8-14(3)7-15(4)9-17/h7-10,13,16H,5-6,11-12H2,1-4H3. The molecule has 0 aromatic heterocycles. The van der Waals surface area contributed by atoms with E-state index in [0.717, 1.165) is 12.6 Å². The van der Waals surface area contributed by atoms with Gasteiger partial charge in [-0.15, -0.1) is 0 Å². The van der Waals surface area contributed by atoms with E-state index in [1.165, 1.54) is 46.0 Å². The van der Waals surface area contributed by atoms with Gasteiger partial charge in [-0.25, -0.2) is 0 Å². The molecular weight excluding hydrogens is 288 g/mol. The van der Waals surface area contributed by atoms with Crippen LogP contribution in [0.3, 0.4) is 0 Å². The summed E-state index contributed by atoms with van der Waals surface area (Å²) in [5.74, 6) is 1.40. The normalized spacial score (nSPS) is 18.5. The molecule has 0 unspecified atom stereocenters. The summed E-state index contributed by atoms with van der Waals surface area (Å²) < 4.78 is 0. The lowest BCUT2D eigenvalue weighted by molar-refractivity contribution is 0.354. The van der Waals surface area contributed by atoms with Crippen molar-refractivity contribution in [1.29, 1.82) is 0 Å². The first kappa shape index (κ1) is 15.7. The number of allylic oxidation sites excluding steroid dienone is 1. The lowest BCUT2D eigenvalue weighted by Gasteiger charge is -2.31. The Morgan fingerprint density at radius 1 is 1.18 bits per heavy atom. The molecule has 118 valence electrons. The van der Waals surface area contributed by atoms with Crippen LogP contribution in [0, 0.1) is 25.7 Å². The van der Waals surface area contributed by atoms with E-state index >= 15 is 0 Å². The molecule has 0 saturated heterocycles. The van der Waals surface area contributed by atoms with Crippen molar-refractivity contribution in [3.8, 4) is 0 Å². The molecule has 3 heteroatoms.